The van der Waals surface area contributed by atoms with E-state index >= 15 is 0 Å². The summed E-state index contributed by atoms with van der Waals surface area (Å²) < 4.78 is 1.89. The van der Waals surface area contributed by atoms with E-state index in [9.17, 15) is 4.79 Å². The van der Waals surface area contributed by atoms with E-state index in [1.54, 1.807) is 6.20 Å². The second-order valence-corrected chi connectivity index (χ2v) is 7.00. The van der Waals surface area contributed by atoms with Gasteiger partial charge in [0.2, 0.25) is 0 Å². The highest BCUT2D eigenvalue weighted by Crippen LogP contribution is 2.25. The lowest BCUT2D eigenvalue weighted by Crippen LogP contribution is -2.45. The highest BCUT2D eigenvalue weighted by molar-refractivity contribution is 5.95. The molecule has 0 saturated carbocycles. The van der Waals surface area contributed by atoms with Gasteiger partial charge in [-0.3, -0.25) is 4.79 Å². The molecular formula is C19H26N4O. The molecular weight excluding hydrogens is 300 g/mol. The number of carbonyl (C=O) groups is 1. The van der Waals surface area contributed by atoms with Crippen molar-refractivity contribution in [3.63, 3.8) is 0 Å². The van der Waals surface area contributed by atoms with Gasteiger partial charge in [-0.1, -0.05) is 31.5 Å². The van der Waals surface area contributed by atoms with Crippen LogP contribution in [0.15, 0.2) is 30.5 Å². The molecule has 0 spiro atoms. The zero-order chi connectivity index (χ0) is 17.3. The van der Waals surface area contributed by atoms with Gasteiger partial charge in [0.15, 0.2) is 0 Å². The summed E-state index contributed by atoms with van der Waals surface area (Å²) in [6.45, 7) is 7.66. The number of aromatic nitrogens is 2. The second kappa shape index (κ2) is 6.77. The standard InChI is InChI=1S/C19H26N4O/c1-13(2)18-17(19(24)22-10-4-5-15(20)12-22)11-21-23(18)16-8-6-14(3)7-9-16/h6-9,11,13,15H,4-5,10,12,20H2,1-3H3. The van der Waals surface area contributed by atoms with E-state index in [2.05, 4.69) is 38.0 Å². The van der Waals surface area contributed by atoms with Crippen LogP contribution in [0.5, 0.6) is 0 Å². The molecule has 1 aromatic carbocycles. The molecule has 24 heavy (non-hydrogen) atoms. The third-order valence-electron chi connectivity index (χ3n) is 4.61. The van der Waals surface area contributed by atoms with E-state index < -0.39 is 0 Å². The third-order valence-corrected chi connectivity index (χ3v) is 4.61. The molecule has 1 atom stereocenters. The van der Waals surface area contributed by atoms with E-state index in [4.69, 9.17) is 5.73 Å². The Balaban J connectivity index is 1.97. The lowest BCUT2D eigenvalue weighted by Gasteiger charge is -2.31. The number of hydrogen-bond acceptors (Lipinski definition) is 3. The van der Waals surface area contributed by atoms with Gasteiger partial charge in [-0.25, -0.2) is 4.68 Å². The normalized spacial score (nSPS) is 18.2. The van der Waals surface area contributed by atoms with Crippen LogP contribution >= 0.6 is 0 Å². The van der Waals surface area contributed by atoms with Gasteiger partial charge in [0.05, 0.1) is 23.1 Å². The van der Waals surface area contributed by atoms with Crippen molar-refractivity contribution in [3.8, 4) is 5.69 Å². The maximum Gasteiger partial charge on any atom is 0.257 e. The van der Waals surface area contributed by atoms with Crippen LogP contribution in [-0.2, 0) is 0 Å². The first kappa shape index (κ1) is 16.7. The number of hydrogen-bond donors (Lipinski definition) is 1. The molecule has 1 aromatic heterocycles. The molecule has 1 fully saturated rings. The Hall–Kier alpha value is -2.14. The molecule has 1 amide bonds. The van der Waals surface area contributed by atoms with E-state index in [1.165, 1.54) is 5.56 Å². The van der Waals surface area contributed by atoms with Crippen LogP contribution in [0.3, 0.4) is 0 Å². The Labute approximate surface area is 143 Å². The van der Waals surface area contributed by atoms with Crippen LogP contribution in [0.2, 0.25) is 0 Å². The Bertz CT molecular complexity index is 717. The van der Waals surface area contributed by atoms with E-state index in [0.717, 1.165) is 30.8 Å². The van der Waals surface area contributed by atoms with Crippen LogP contribution in [0.1, 0.15) is 54.2 Å². The summed E-state index contributed by atoms with van der Waals surface area (Å²) in [5.74, 6) is 0.249. The molecule has 2 aromatic rings. The van der Waals surface area contributed by atoms with E-state index in [-0.39, 0.29) is 17.9 Å². The van der Waals surface area contributed by atoms with Crippen molar-refractivity contribution in [2.45, 2.75) is 45.6 Å². The summed E-state index contributed by atoms with van der Waals surface area (Å²) in [7, 11) is 0. The number of carbonyl (C=O) groups excluding carboxylic acids is 1. The van der Waals surface area contributed by atoms with Crippen LogP contribution in [0, 0.1) is 6.92 Å². The smallest absolute Gasteiger partial charge is 0.257 e. The molecule has 1 unspecified atom stereocenters. The third kappa shape index (κ3) is 3.22. The molecule has 2 N–H and O–H groups in total. The van der Waals surface area contributed by atoms with Crippen molar-refractivity contribution < 1.29 is 4.79 Å². The van der Waals surface area contributed by atoms with Crippen LogP contribution in [-0.4, -0.2) is 39.7 Å². The predicted molar refractivity (Wildman–Crippen MR) is 95.5 cm³/mol. The van der Waals surface area contributed by atoms with Crippen molar-refractivity contribution in [1.82, 2.24) is 14.7 Å². The lowest BCUT2D eigenvalue weighted by molar-refractivity contribution is 0.0707. The molecule has 0 bridgehead atoms. The van der Waals surface area contributed by atoms with Gasteiger partial charge >= 0.3 is 0 Å². The number of nitrogens with zero attached hydrogens (tertiary/aromatic N) is 3. The summed E-state index contributed by atoms with van der Waals surface area (Å²) >= 11 is 0. The number of amides is 1. The number of aryl methyl sites for hydroxylation is 1. The maximum atomic E-state index is 13.0. The lowest BCUT2D eigenvalue weighted by atomic mass is 10.0. The summed E-state index contributed by atoms with van der Waals surface area (Å²) in [5, 5.41) is 4.51. The summed E-state index contributed by atoms with van der Waals surface area (Å²) in [6.07, 6.45) is 3.66. The van der Waals surface area contributed by atoms with Crippen molar-refractivity contribution in [1.29, 1.82) is 0 Å². The Morgan fingerprint density at radius 3 is 2.62 bits per heavy atom. The molecule has 5 nitrogen and oxygen atoms in total. The fraction of sp³-hybridized carbons (Fsp3) is 0.474. The van der Waals surface area contributed by atoms with Gasteiger partial charge in [-0.05, 0) is 37.8 Å². The zero-order valence-corrected chi connectivity index (χ0v) is 14.7. The van der Waals surface area contributed by atoms with Crippen LogP contribution in [0.25, 0.3) is 5.69 Å². The summed E-state index contributed by atoms with van der Waals surface area (Å²) in [4.78, 5) is 14.9. The Kier molecular flexibility index (Phi) is 4.71. The predicted octanol–water partition coefficient (Wildman–Crippen LogP) is 2.87. The Morgan fingerprint density at radius 2 is 2.00 bits per heavy atom. The fourth-order valence-electron chi connectivity index (χ4n) is 3.33. The van der Waals surface area contributed by atoms with Crippen molar-refractivity contribution in [3.05, 3.63) is 47.3 Å². The Morgan fingerprint density at radius 1 is 1.29 bits per heavy atom. The van der Waals surface area contributed by atoms with Gasteiger partial charge in [-0.2, -0.15) is 5.10 Å². The number of rotatable bonds is 3. The van der Waals surface area contributed by atoms with Crippen molar-refractivity contribution in [2.24, 2.45) is 5.73 Å². The minimum atomic E-state index is 0.0483. The van der Waals surface area contributed by atoms with E-state index in [1.807, 2.05) is 21.7 Å². The second-order valence-electron chi connectivity index (χ2n) is 7.00. The average molecular weight is 326 g/mol. The molecule has 1 saturated heterocycles. The molecule has 128 valence electrons. The van der Waals surface area contributed by atoms with Crippen molar-refractivity contribution >= 4 is 5.91 Å². The molecule has 2 heterocycles. The monoisotopic (exact) mass is 326 g/mol. The first-order valence-corrected chi connectivity index (χ1v) is 8.67. The molecule has 5 heteroatoms. The van der Waals surface area contributed by atoms with Gasteiger partial charge < -0.3 is 10.6 Å². The minimum absolute atomic E-state index is 0.0483. The molecule has 0 aliphatic carbocycles. The fourth-order valence-corrected chi connectivity index (χ4v) is 3.33. The summed E-state index contributed by atoms with van der Waals surface area (Å²) in [6, 6.07) is 8.29. The average Bonchev–Trinajstić information content (AvgIpc) is 3.00. The SMILES string of the molecule is Cc1ccc(-n2ncc(C(=O)N3CCCC(N)C3)c2C(C)C)cc1. The number of nitrogens with two attached hydrogens (primary N) is 1. The van der Waals surface area contributed by atoms with Crippen molar-refractivity contribution in [2.75, 3.05) is 13.1 Å². The maximum absolute atomic E-state index is 13.0. The quantitative estimate of drug-likeness (QED) is 0.943. The highest BCUT2D eigenvalue weighted by Gasteiger charge is 2.27. The minimum Gasteiger partial charge on any atom is -0.337 e. The zero-order valence-electron chi connectivity index (χ0n) is 14.7. The molecule has 0 radical (unpaired) electrons. The first-order chi connectivity index (χ1) is 11.5. The molecule has 3 rings (SSSR count). The van der Waals surface area contributed by atoms with Gasteiger partial charge in [0.1, 0.15) is 0 Å². The number of benzene rings is 1. The molecule has 1 aliphatic rings. The number of piperidine rings is 1. The van der Waals surface area contributed by atoms with Gasteiger partial charge in [-0.15, -0.1) is 0 Å². The van der Waals surface area contributed by atoms with Gasteiger partial charge in [0, 0.05) is 19.1 Å². The number of likely N-dealkylation sites (tertiary alicyclic amines) is 1. The van der Waals surface area contributed by atoms with Crippen LogP contribution < -0.4 is 5.73 Å². The van der Waals surface area contributed by atoms with Crippen LogP contribution in [0.4, 0.5) is 0 Å². The largest absolute Gasteiger partial charge is 0.337 e. The first-order valence-electron chi connectivity index (χ1n) is 8.67. The topological polar surface area (TPSA) is 64.2 Å². The highest BCUT2D eigenvalue weighted by atomic mass is 16.2. The van der Waals surface area contributed by atoms with Gasteiger partial charge in [0.25, 0.3) is 5.91 Å². The molecule has 1 aliphatic heterocycles. The van der Waals surface area contributed by atoms with E-state index in [0.29, 0.717) is 12.1 Å². The summed E-state index contributed by atoms with van der Waals surface area (Å²) in [5.41, 5.74) is 9.88.